The topological polar surface area (TPSA) is 68.2 Å². The molecular formula is C20H24O5. The molecular weight excluding hydrogens is 320 g/mol. The lowest BCUT2D eigenvalue weighted by Gasteiger charge is -2.20. The van der Waals surface area contributed by atoms with Crippen LogP contribution < -0.4 is 0 Å². The van der Waals surface area contributed by atoms with E-state index in [9.17, 15) is 10.2 Å². The quantitative estimate of drug-likeness (QED) is 0.768. The number of rotatable bonds is 8. The minimum Gasteiger partial charge on any atom is -0.387 e. The van der Waals surface area contributed by atoms with Gasteiger partial charge in [0.1, 0.15) is 6.10 Å². The van der Waals surface area contributed by atoms with Gasteiger partial charge in [-0.05, 0) is 11.1 Å². The minimum atomic E-state index is -1.20. The molecule has 1 heterocycles. The molecule has 0 aliphatic carbocycles. The van der Waals surface area contributed by atoms with E-state index in [1.54, 1.807) is 0 Å². The fraction of sp³-hybridized carbons (Fsp3) is 0.400. The second-order valence-corrected chi connectivity index (χ2v) is 6.22. The number of aliphatic hydroxyl groups excluding tert-OH is 2. The third-order valence-electron chi connectivity index (χ3n) is 4.34. The van der Waals surface area contributed by atoms with E-state index < -0.39 is 18.5 Å². The Bertz CT molecular complexity index is 618. The van der Waals surface area contributed by atoms with Crippen molar-refractivity contribution in [1.29, 1.82) is 0 Å². The first kappa shape index (κ1) is 18.0. The maximum Gasteiger partial charge on any atom is 0.181 e. The predicted octanol–water partition coefficient (Wildman–Crippen LogP) is 2.11. The molecule has 0 amide bonds. The third-order valence-corrected chi connectivity index (χ3v) is 4.34. The highest BCUT2D eigenvalue weighted by molar-refractivity contribution is 5.14. The SMILES string of the molecule is OC1O[C@@H](COCc2ccccc2)[C@H](COCc2ccccc2)[C@@H]1O. The third kappa shape index (κ3) is 5.11. The van der Waals surface area contributed by atoms with Crippen molar-refractivity contribution in [3.8, 4) is 0 Å². The molecule has 1 fully saturated rings. The number of hydrogen-bond donors (Lipinski definition) is 2. The van der Waals surface area contributed by atoms with Crippen LogP contribution >= 0.6 is 0 Å². The van der Waals surface area contributed by atoms with Gasteiger partial charge < -0.3 is 24.4 Å². The van der Waals surface area contributed by atoms with E-state index in [1.165, 1.54) is 0 Å². The number of benzene rings is 2. The van der Waals surface area contributed by atoms with Crippen LogP contribution in [0.15, 0.2) is 60.7 Å². The van der Waals surface area contributed by atoms with Crippen LogP contribution in [0.1, 0.15) is 11.1 Å². The van der Waals surface area contributed by atoms with Crippen LogP contribution in [0.5, 0.6) is 0 Å². The molecule has 134 valence electrons. The largest absolute Gasteiger partial charge is 0.387 e. The number of ether oxygens (including phenoxy) is 3. The highest BCUT2D eigenvalue weighted by Crippen LogP contribution is 2.27. The summed E-state index contributed by atoms with van der Waals surface area (Å²) in [5.74, 6) is -0.325. The van der Waals surface area contributed by atoms with Crippen molar-refractivity contribution >= 4 is 0 Å². The lowest BCUT2D eigenvalue weighted by molar-refractivity contribution is -0.137. The molecule has 1 saturated heterocycles. The molecule has 5 heteroatoms. The Kier molecular flexibility index (Phi) is 6.55. The zero-order chi connectivity index (χ0) is 17.5. The standard InChI is InChI=1S/C20H24O5/c21-19-17(13-23-11-15-7-3-1-4-8-15)18(25-20(19)22)14-24-12-16-9-5-2-6-10-16/h1-10,17-22H,11-14H2/t17-,18-,19-,20?/m0/s1. The van der Waals surface area contributed by atoms with E-state index in [0.29, 0.717) is 26.4 Å². The van der Waals surface area contributed by atoms with Crippen molar-refractivity contribution in [2.24, 2.45) is 5.92 Å². The summed E-state index contributed by atoms with van der Waals surface area (Å²) in [5, 5.41) is 19.9. The number of hydrogen-bond acceptors (Lipinski definition) is 5. The Morgan fingerprint density at radius 3 is 1.84 bits per heavy atom. The molecule has 0 saturated carbocycles. The fourth-order valence-electron chi connectivity index (χ4n) is 2.91. The van der Waals surface area contributed by atoms with E-state index in [0.717, 1.165) is 11.1 Å². The average Bonchev–Trinajstić information content (AvgIpc) is 2.91. The van der Waals surface area contributed by atoms with Crippen LogP contribution in [0.25, 0.3) is 0 Å². The first-order chi connectivity index (χ1) is 12.2. The second-order valence-electron chi connectivity index (χ2n) is 6.22. The summed E-state index contributed by atoms with van der Waals surface area (Å²) in [7, 11) is 0. The van der Waals surface area contributed by atoms with Crippen LogP contribution in [0.3, 0.4) is 0 Å². The molecule has 0 bridgehead atoms. The molecule has 1 unspecified atom stereocenters. The molecule has 0 radical (unpaired) electrons. The molecule has 4 atom stereocenters. The molecule has 0 aromatic heterocycles. The van der Waals surface area contributed by atoms with Crippen LogP contribution in [0.4, 0.5) is 0 Å². The Morgan fingerprint density at radius 2 is 1.28 bits per heavy atom. The molecule has 1 aliphatic rings. The van der Waals surface area contributed by atoms with Crippen molar-refractivity contribution in [3.05, 3.63) is 71.8 Å². The van der Waals surface area contributed by atoms with Crippen molar-refractivity contribution in [3.63, 3.8) is 0 Å². The highest BCUT2D eigenvalue weighted by atomic mass is 16.6. The molecule has 2 aromatic rings. The first-order valence-corrected chi connectivity index (χ1v) is 8.49. The zero-order valence-corrected chi connectivity index (χ0v) is 14.0. The summed E-state index contributed by atoms with van der Waals surface area (Å²) in [6, 6.07) is 19.7. The van der Waals surface area contributed by atoms with E-state index in [1.807, 2.05) is 60.7 Å². The molecule has 2 N–H and O–H groups in total. The Morgan fingerprint density at radius 1 is 0.760 bits per heavy atom. The summed E-state index contributed by atoms with van der Waals surface area (Å²) in [5.41, 5.74) is 2.13. The first-order valence-electron chi connectivity index (χ1n) is 8.49. The molecule has 3 rings (SSSR count). The minimum absolute atomic E-state index is 0.294. The van der Waals surface area contributed by atoms with Crippen LogP contribution in [-0.2, 0) is 27.4 Å². The molecule has 2 aromatic carbocycles. The van der Waals surface area contributed by atoms with Gasteiger partial charge in [0.15, 0.2) is 6.29 Å². The van der Waals surface area contributed by atoms with Gasteiger partial charge in [0, 0.05) is 5.92 Å². The average molecular weight is 344 g/mol. The lowest BCUT2D eigenvalue weighted by atomic mass is 10.00. The maximum absolute atomic E-state index is 10.1. The van der Waals surface area contributed by atoms with Crippen molar-refractivity contribution < 1.29 is 24.4 Å². The Hall–Kier alpha value is -1.76. The van der Waals surface area contributed by atoms with Gasteiger partial charge in [-0.2, -0.15) is 0 Å². The monoisotopic (exact) mass is 344 g/mol. The van der Waals surface area contributed by atoms with Gasteiger partial charge >= 0.3 is 0 Å². The van der Waals surface area contributed by atoms with E-state index in [4.69, 9.17) is 14.2 Å². The molecule has 0 spiro atoms. The van der Waals surface area contributed by atoms with Gasteiger partial charge in [0.25, 0.3) is 0 Å². The molecule has 5 nitrogen and oxygen atoms in total. The summed E-state index contributed by atoms with van der Waals surface area (Å²) >= 11 is 0. The van der Waals surface area contributed by atoms with E-state index >= 15 is 0 Å². The van der Waals surface area contributed by atoms with Gasteiger partial charge in [0.05, 0.1) is 32.5 Å². The lowest BCUT2D eigenvalue weighted by Crippen LogP contribution is -2.33. The molecule has 1 aliphatic heterocycles. The predicted molar refractivity (Wildman–Crippen MR) is 92.6 cm³/mol. The smallest absolute Gasteiger partial charge is 0.181 e. The van der Waals surface area contributed by atoms with E-state index in [2.05, 4.69) is 0 Å². The van der Waals surface area contributed by atoms with Crippen molar-refractivity contribution in [1.82, 2.24) is 0 Å². The van der Waals surface area contributed by atoms with Crippen LogP contribution in [-0.4, -0.2) is 41.9 Å². The Balaban J connectivity index is 1.47. The zero-order valence-electron chi connectivity index (χ0n) is 14.0. The summed E-state index contributed by atoms with van der Waals surface area (Å²) in [4.78, 5) is 0. The van der Waals surface area contributed by atoms with Gasteiger partial charge in [0.2, 0.25) is 0 Å². The maximum atomic E-state index is 10.1. The van der Waals surface area contributed by atoms with Gasteiger partial charge in [-0.3, -0.25) is 0 Å². The Labute approximate surface area is 147 Å². The summed E-state index contributed by atoms with van der Waals surface area (Å²) in [6.07, 6.45) is -2.57. The highest BCUT2D eigenvalue weighted by Gasteiger charge is 2.42. The van der Waals surface area contributed by atoms with Gasteiger partial charge in [-0.15, -0.1) is 0 Å². The van der Waals surface area contributed by atoms with Crippen molar-refractivity contribution in [2.75, 3.05) is 13.2 Å². The normalized spacial score (nSPS) is 26.0. The summed E-state index contributed by atoms with van der Waals surface area (Å²) < 4.78 is 16.8. The summed E-state index contributed by atoms with van der Waals surface area (Å²) in [6.45, 7) is 1.51. The van der Waals surface area contributed by atoms with Crippen LogP contribution in [0.2, 0.25) is 0 Å². The van der Waals surface area contributed by atoms with Gasteiger partial charge in [-0.25, -0.2) is 0 Å². The van der Waals surface area contributed by atoms with E-state index in [-0.39, 0.29) is 5.92 Å². The molecule has 25 heavy (non-hydrogen) atoms. The second kappa shape index (κ2) is 9.08. The van der Waals surface area contributed by atoms with Crippen molar-refractivity contribution in [2.45, 2.75) is 31.7 Å². The number of aliphatic hydroxyl groups is 2. The van der Waals surface area contributed by atoms with Gasteiger partial charge in [-0.1, -0.05) is 60.7 Å². The van der Waals surface area contributed by atoms with Crippen LogP contribution in [0, 0.1) is 5.92 Å². The fourth-order valence-corrected chi connectivity index (χ4v) is 2.91.